The molecule has 3 aromatic rings. The Morgan fingerprint density at radius 2 is 1.76 bits per heavy atom. The van der Waals surface area contributed by atoms with Crippen LogP contribution in [0.25, 0.3) is 11.1 Å². The van der Waals surface area contributed by atoms with E-state index in [1.807, 2.05) is 31.2 Å². The van der Waals surface area contributed by atoms with Gasteiger partial charge in [0.05, 0.1) is 40.6 Å². The van der Waals surface area contributed by atoms with Crippen molar-refractivity contribution < 1.29 is 28.5 Å². The van der Waals surface area contributed by atoms with Crippen LogP contribution in [0.3, 0.4) is 0 Å². The molecule has 0 spiro atoms. The van der Waals surface area contributed by atoms with E-state index in [4.69, 9.17) is 18.9 Å². The lowest BCUT2D eigenvalue weighted by molar-refractivity contribution is -0.123. The van der Waals surface area contributed by atoms with Crippen molar-refractivity contribution in [1.29, 1.82) is 0 Å². The molecule has 34 heavy (non-hydrogen) atoms. The van der Waals surface area contributed by atoms with E-state index in [0.29, 0.717) is 34.5 Å². The standard InChI is InChI=1S/C24H26N4O6/c1-13-21(14-7-6-8-16(9-14)31-2)23-26-24(30)17(28(23)27-13)12-20(29)25-15-10-18(32-3)22(34-5)19(11-15)33-4/h6-11,17H,12H2,1-5H3,(H,25,29)(H,26,30). The third-order valence-corrected chi connectivity index (χ3v) is 5.61. The van der Waals surface area contributed by atoms with Gasteiger partial charge in [-0.25, -0.2) is 4.68 Å². The minimum atomic E-state index is -0.782. The summed E-state index contributed by atoms with van der Waals surface area (Å²) < 4.78 is 22.9. The molecule has 178 valence electrons. The third kappa shape index (κ3) is 4.09. The minimum absolute atomic E-state index is 0.103. The van der Waals surface area contributed by atoms with Crippen molar-refractivity contribution in [1.82, 2.24) is 9.78 Å². The molecule has 0 aliphatic carbocycles. The molecule has 1 unspecified atom stereocenters. The number of aromatic nitrogens is 2. The number of hydrogen-bond acceptors (Lipinski definition) is 7. The highest BCUT2D eigenvalue weighted by atomic mass is 16.5. The zero-order valence-corrected chi connectivity index (χ0v) is 19.6. The van der Waals surface area contributed by atoms with Gasteiger partial charge in [-0.2, -0.15) is 5.10 Å². The van der Waals surface area contributed by atoms with Crippen molar-refractivity contribution in [3.05, 3.63) is 42.1 Å². The van der Waals surface area contributed by atoms with E-state index in [9.17, 15) is 9.59 Å². The average molecular weight is 466 g/mol. The molecule has 1 aliphatic rings. The summed E-state index contributed by atoms with van der Waals surface area (Å²) in [7, 11) is 6.08. The smallest absolute Gasteiger partial charge is 0.251 e. The molecular weight excluding hydrogens is 440 g/mol. The second kappa shape index (κ2) is 9.34. The summed E-state index contributed by atoms with van der Waals surface area (Å²) in [4.78, 5) is 25.6. The number of nitrogens with one attached hydrogen (secondary N) is 2. The Morgan fingerprint density at radius 3 is 2.38 bits per heavy atom. The molecule has 0 saturated carbocycles. The zero-order chi connectivity index (χ0) is 24.4. The molecule has 1 atom stereocenters. The van der Waals surface area contributed by atoms with Crippen LogP contribution in [0.2, 0.25) is 0 Å². The van der Waals surface area contributed by atoms with E-state index in [1.54, 1.807) is 23.9 Å². The molecule has 10 nitrogen and oxygen atoms in total. The fourth-order valence-electron chi connectivity index (χ4n) is 4.05. The number of ether oxygens (including phenoxy) is 4. The average Bonchev–Trinajstić information content (AvgIpc) is 3.31. The highest BCUT2D eigenvalue weighted by Crippen LogP contribution is 2.41. The topological polar surface area (TPSA) is 113 Å². The summed E-state index contributed by atoms with van der Waals surface area (Å²) >= 11 is 0. The lowest BCUT2D eigenvalue weighted by Gasteiger charge is -2.15. The first-order valence-electron chi connectivity index (χ1n) is 10.5. The van der Waals surface area contributed by atoms with Gasteiger partial charge in [0.2, 0.25) is 11.7 Å². The maximum atomic E-state index is 12.9. The third-order valence-electron chi connectivity index (χ3n) is 5.61. The Morgan fingerprint density at radius 1 is 1.06 bits per heavy atom. The van der Waals surface area contributed by atoms with E-state index in [2.05, 4.69) is 15.7 Å². The molecule has 1 aromatic heterocycles. The molecule has 4 rings (SSSR count). The fraction of sp³-hybridized carbons (Fsp3) is 0.292. The molecule has 10 heteroatoms. The van der Waals surface area contributed by atoms with E-state index in [1.165, 1.54) is 21.3 Å². The van der Waals surface area contributed by atoms with Crippen molar-refractivity contribution in [2.45, 2.75) is 19.4 Å². The van der Waals surface area contributed by atoms with Crippen LogP contribution < -0.4 is 29.6 Å². The molecule has 0 saturated heterocycles. The summed E-state index contributed by atoms with van der Waals surface area (Å²) in [6.07, 6.45) is -0.103. The van der Waals surface area contributed by atoms with Crippen molar-refractivity contribution in [2.24, 2.45) is 0 Å². The number of carbonyl (C=O) groups is 2. The first-order valence-corrected chi connectivity index (χ1v) is 10.5. The van der Waals surface area contributed by atoms with Crippen molar-refractivity contribution in [3.8, 4) is 34.1 Å². The minimum Gasteiger partial charge on any atom is -0.497 e. The Balaban J connectivity index is 1.58. The Kier molecular flexibility index (Phi) is 6.31. The highest BCUT2D eigenvalue weighted by molar-refractivity contribution is 6.04. The monoisotopic (exact) mass is 466 g/mol. The number of carbonyl (C=O) groups excluding carboxylic acids is 2. The van der Waals surface area contributed by atoms with Crippen LogP contribution in [0.1, 0.15) is 18.2 Å². The van der Waals surface area contributed by atoms with Crippen LogP contribution in [0, 0.1) is 6.92 Å². The summed E-state index contributed by atoms with van der Waals surface area (Å²) in [6, 6.07) is 9.98. The van der Waals surface area contributed by atoms with Gasteiger partial charge in [0, 0.05) is 23.4 Å². The first-order chi connectivity index (χ1) is 16.4. The molecule has 0 bridgehead atoms. The number of fused-ring (bicyclic) bond motifs is 1. The van der Waals surface area contributed by atoms with Crippen LogP contribution >= 0.6 is 0 Å². The number of aryl methyl sites for hydroxylation is 1. The molecule has 2 heterocycles. The number of nitrogens with zero attached hydrogens (tertiary/aromatic N) is 2. The summed E-state index contributed by atoms with van der Waals surface area (Å²) in [6.45, 7) is 1.86. The lowest BCUT2D eigenvalue weighted by atomic mass is 10.1. The molecule has 0 radical (unpaired) electrons. The quantitative estimate of drug-likeness (QED) is 0.523. The van der Waals surface area contributed by atoms with Gasteiger partial charge in [-0.3, -0.25) is 9.59 Å². The van der Waals surface area contributed by atoms with Gasteiger partial charge in [-0.1, -0.05) is 12.1 Å². The van der Waals surface area contributed by atoms with Gasteiger partial charge in [-0.05, 0) is 24.6 Å². The summed E-state index contributed by atoms with van der Waals surface area (Å²) in [5, 5.41) is 10.2. The number of methoxy groups -OCH3 is 4. The van der Waals surface area contributed by atoms with E-state index >= 15 is 0 Å². The van der Waals surface area contributed by atoms with Crippen LogP contribution in [0.5, 0.6) is 23.0 Å². The Hall–Kier alpha value is -4.21. The van der Waals surface area contributed by atoms with E-state index < -0.39 is 6.04 Å². The predicted molar refractivity (Wildman–Crippen MR) is 126 cm³/mol. The molecule has 2 aromatic carbocycles. The van der Waals surface area contributed by atoms with Gasteiger partial charge < -0.3 is 29.6 Å². The van der Waals surface area contributed by atoms with Gasteiger partial charge >= 0.3 is 0 Å². The maximum absolute atomic E-state index is 12.9. The molecule has 2 N–H and O–H groups in total. The number of hydrogen-bond donors (Lipinski definition) is 2. The van der Waals surface area contributed by atoms with Crippen molar-refractivity contribution in [3.63, 3.8) is 0 Å². The van der Waals surface area contributed by atoms with E-state index in [-0.39, 0.29) is 18.2 Å². The lowest BCUT2D eigenvalue weighted by Crippen LogP contribution is -2.23. The number of benzene rings is 2. The SMILES string of the molecule is COc1cccc(-c2c(C)nn3c2NC(=O)C3CC(=O)Nc2cc(OC)c(OC)c(OC)c2)c1. The number of amides is 2. The van der Waals surface area contributed by atoms with Crippen molar-refractivity contribution >= 4 is 23.3 Å². The summed E-state index contributed by atoms with van der Waals surface area (Å²) in [5.74, 6) is 1.82. The maximum Gasteiger partial charge on any atom is 0.251 e. The van der Waals surface area contributed by atoms with Crippen LogP contribution in [0.4, 0.5) is 11.5 Å². The molecule has 0 fully saturated rings. The summed E-state index contributed by atoms with van der Waals surface area (Å²) in [5.41, 5.74) is 2.84. The molecular formula is C24H26N4O6. The molecule has 1 aliphatic heterocycles. The second-order valence-electron chi connectivity index (χ2n) is 7.66. The van der Waals surface area contributed by atoms with Crippen LogP contribution in [-0.4, -0.2) is 50.0 Å². The fourth-order valence-corrected chi connectivity index (χ4v) is 4.05. The van der Waals surface area contributed by atoms with Gasteiger partial charge in [0.1, 0.15) is 17.6 Å². The first kappa shape index (κ1) is 23.0. The van der Waals surface area contributed by atoms with Crippen LogP contribution in [0.15, 0.2) is 36.4 Å². The van der Waals surface area contributed by atoms with Gasteiger partial charge in [0.15, 0.2) is 11.5 Å². The predicted octanol–water partition coefficient (Wildman–Crippen LogP) is 3.41. The Labute approximate surface area is 196 Å². The van der Waals surface area contributed by atoms with Crippen molar-refractivity contribution in [2.75, 3.05) is 39.1 Å². The zero-order valence-electron chi connectivity index (χ0n) is 19.6. The second-order valence-corrected chi connectivity index (χ2v) is 7.66. The van der Waals surface area contributed by atoms with Gasteiger partial charge in [-0.15, -0.1) is 0 Å². The Bertz CT molecular complexity index is 1230. The molecule has 2 amide bonds. The number of anilines is 2. The highest BCUT2D eigenvalue weighted by Gasteiger charge is 2.36. The van der Waals surface area contributed by atoms with E-state index in [0.717, 1.165) is 16.8 Å². The van der Waals surface area contributed by atoms with Gasteiger partial charge in [0.25, 0.3) is 5.91 Å². The number of rotatable bonds is 8. The largest absolute Gasteiger partial charge is 0.497 e. The normalized spacial score (nSPS) is 14.3. The van der Waals surface area contributed by atoms with Crippen LogP contribution in [-0.2, 0) is 9.59 Å².